The first-order chi connectivity index (χ1) is 9.64. The number of aromatic nitrogens is 1. The predicted octanol–water partition coefficient (Wildman–Crippen LogP) is 4.80. The van der Waals surface area contributed by atoms with Crippen molar-refractivity contribution in [2.45, 2.75) is 64.8 Å². The largest absolute Gasteiger partial charge is 0.325 e. The van der Waals surface area contributed by atoms with Crippen LogP contribution in [0.1, 0.15) is 63.9 Å². The lowest BCUT2D eigenvalue weighted by atomic mass is 10.1. The molecule has 0 aliphatic carbocycles. The molecule has 1 aromatic heterocycles. The molecule has 0 aromatic carbocycles. The van der Waals surface area contributed by atoms with Crippen molar-refractivity contribution in [1.82, 2.24) is 4.98 Å². The summed E-state index contributed by atoms with van der Waals surface area (Å²) in [7, 11) is 4.67. The third-order valence-corrected chi connectivity index (χ3v) is 3.98. The van der Waals surface area contributed by atoms with Crippen LogP contribution in [-0.2, 0) is 6.54 Å². The van der Waals surface area contributed by atoms with Crippen molar-refractivity contribution in [2.75, 3.05) is 20.6 Å². The van der Waals surface area contributed by atoms with Gasteiger partial charge in [0, 0.05) is 18.0 Å². The molecule has 0 amide bonds. The number of quaternary nitrogens is 1. The average molecular weight is 277 g/mol. The number of unbranched alkanes of at least 4 members (excludes halogenated alkanes) is 7. The number of hydrogen-bond donors (Lipinski definition) is 0. The fourth-order valence-corrected chi connectivity index (χ4v) is 2.74. The average Bonchev–Trinajstić information content (AvgIpc) is 2.42. The summed E-state index contributed by atoms with van der Waals surface area (Å²) in [5.41, 5.74) is 1.39. The third kappa shape index (κ3) is 8.31. The Bertz CT molecular complexity index is 333. The van der Waals surface area contributed by atoms with E-state index in [1.807, 2.05) is 12.4 Å². The van der Waals surface area contributed by atoms with Crippen LogP contribution < -0.4 is 0 Å². The second-order valence-electron chi connectivity index (χ2n) is 6.65. The Kier molecular flexibility index (Phi) is 8.52. The smallest absolute Gasteiger partial charge is 0.104 e. The van der Waals surface area contributed by atoms with Crippen LogP contribution in [0.15, 0.2) is 24.5 Å². The van der Waals surface area contributed by atoms with Crippen LogP contribution in [0.3, 0.4) is 0 Å². The van der Waals surface area contributed by atoms with E-state index in [1.54, 1.807) is 0 Å². The van der Waals surface area contributed by atoms with Crippen LogP contribution in [0.5, 0.6) is 0 Å². The van der Waals surface area contributed by atoms with Crippen molar-refractivity contribution < 1.29 is 4.48 Å². The van der Waals surface area contributed by atoms with Crippen molar-refractivity contribution in [3.63, 3.8) is 0 Å². The highest BCUT2D eigenvalue weighted by Crippen LogP contribution is 2.13. The molecular weight excluding hydrogens is 244 g/mol. The Morgan fingerprint density at radius 3 is 2.00 bits per heavy atom. The quantitative estimate of drug-likeness (QED) is 0.418. The van der Waals surface area contributed by atoms with Crippen molar-refractivity contribution in [3.8, 4) is 0 Å². The first kappa shape index (κ1) is 17.2. The zero-order valence-electron chi connectivity index (χ0n) is 13.8. The van der Waals surface area contributed by atoms with Gasteiger partial charge in [-0.1, -0.05) is 45.4 Å². The zero-order valence-corrected chi connectivity index (χ0v) is 13.8. The molecule has 0 bridgehead atoms. The van der Waals surface area contributed by atoms with Gasteiger partial charge >= 0.3 is 0 Å². The fourth-order valence-electron chi connectivity index (χ4n) is 2.74. The Hall–Kier alpha value is -0.890. The maximum Gasteiger partial charge on any atom is 0.104 e. The van der Waals surface area contributed by atoms with Gasteiger partial charge in [-0.15, -0.1) is 0 Å². The molecule has 0 atom stereocenters. The molecule has 0 saturated carbocycles. The minimum absolute atomic E-state index is 1.08. The lowest BCUT2D eigenvalue weighted by Crippen LogP contribution is -2.39. The molecule has 0 radical (unpaired) electrons. The summed E-state index contributed by atoms with van der Waals surface area (Å²) in [5, 5.41) is 0. The number of rotatable bonds is 11. The van der Waals surface area contributed by atoms with Gasteiger partial charge in [-0.2, -0.15) is 0 Å². The normalized spacial score (nSPS) is 11.8. The Morgan fingerprint density at radius 2 is 1.40 bits per heavy atom. The van der Waals surface area contributed by atoms with Gasteiger partial charge in [-0.3, -0.25) is 4.98 Å². The molecule has 0 fully saturated rings. The SMILES string of the molecule is CCCCCCCCCC[N+](C)(C)Cc1ccncc1. The summed E-state index contributed by atoms with van der Waals surface area (Å²) in [6.45, 7) is 4.67. The predicted molar refractivity (Wildman–Crippen MR) is 87.5 cm³/mol. The van der Waals surface area contributed by atoms with Gasteiger partial charge in [0.15, 0.2) is 0 Å². The lowest BCUT2D eigenvalue weighted by Gasteiger charge is -2.30. The Balaban J connectivity index is 2.08. The molecule has 1 aromatic rings. The maximum absolute atomic E-state index is 4.09. The van der Waals surface area contributed by atoms with E-state index in [2.05, 4.69) is 38.1 Å². The van der Waals surface area contributed by atoms with E-state index < -0.39 is 0 Å². The Labute approximate surface area is 125 Å². The molecule has 0 spiro atoms. The van der Waals surface area contributed by atoms with E-state index in [0.29, 0.717) is 0 Å². The number of pyridine rings is 1. The molecule has 20 heavy (non-hydrogen) atoms. The molecule has 0 aliphatic heterocycles. The first-order valence-corrected chi connectivity index (χ1v) is 8.35. The molecule has 114 valence electrons. The number of hydrogen-bond acceptors (Lipinski definition) is 1. The van der Waals surface area contributed by atoms with Gasteiger partial charge in [-0.05, 0) is 25.0 Å². The van der Waals surface area contributed by atoms with Gasteiger partial charge in [-0.25, -0.2) is 0 Å². The monoisotopic (exact) mass is 277 g/mol. The van der Waals surface area contributed by atoms with Gasteiger partial charge in [0.1, 0.15) is 6.54 Å². The third-order valence-electron chi connectivity index (χ3n) is 3.98. The number of nitrogens with zero attached hydrogens (tertiary/aromatic N) is 2. The van der Waals surface area contributed by atoms with E-state index in [-0.39, 0.29) is 0 Å². The molecule has 2 nitrogen and oxygen atoms in total. The van der Waals surface area contributed by atoms with Crippen LogP contribution >= 0.6 is 0 Å². The second-order valence-corrected chi connectivity index (χ2v) is 6.65. The van der Waals surface area contributed by atoms with E-state index >= 15 is 0 Å². The van der Waals surface area contributed by atoms with E-state index in [4.69, 9.17) is 0 Å². The molecule has 1 rings (SSSR count). The van der Waals surface area contributed by atoms with Crippen molar-refractivity contribution in [3.05, 3.63) is 30.1 Å². The summed E-state index contributed by atoms with van der Waals surface area (Å²) in [5.74, 6) is 0. The molecule has 0 aliphatic rings. The minimum atomic E-state index is 1.08. The molecule has 0 saturated heterocycles. The van der Waals surface area contributed by atoms with E-state index in [1.165, 1.54) is 63.5 Å². The Morgan fingerprint density at radius 1 is 0.850 bits per heavy atom. The van der Waals surface area contributed by atoms with Gasteiger partial charge in [0.25, 0.3) is 0 Å². The summed E-state index contributed by atoms with van der Waals surface area (Å²) >= 11 is 0. The van der Waals surface area contributed by atoms with Crippen LogP contribution in [0.4, 0.5) is 0 Å². The molecule has 0 N–H and O–H groups in total. The van der Waals surface area contributed by atoms with E-state index in [0.717, 1.165) is 11.0 Å². The zero-order chi connectivity index (χ0) is 14.7. The summed E-state index contributed by atoms with van der Waals surface area (Å²) in [4.78, 5) is 4.09. The molecule has 0 unspecified atom stereocenters. The van der Waals surface area contributed by atoms with Crippen LogP contribution in [-0.4, -0.2) is 30.1 Å². The summed E-state index contributed by atoms with van der Waals surface area (Å²) in [6.07, 6.45) is 15.0. The van der Waals surface area contributed by atoms with Gasteiger partial charge in [0.2, 0.25) is 0 Å². The van der Waals surface area contributed by atoms with E-state index in [9.17, 15) is 0 Å². The summed E-state index contributed by atoms with van der Waals surface area (Å²) in [6, 6.07) is 4.27. The second kappa shape index (κ2) is 9.93. The first-order valence-electron chi connectivity index (χ1n) is 8.35. The van der Waals surface area contributed by atoms with Crippen molar-refractivity contribution in [1.29, 1.82) is 0 Å². The highest BCUT2D eigenvalue weighted by molar-refractivity contribution is 5.07. The fraction of sp³-hybridized carbons (Fsp3) is 0.722. The van der Waals surface area contributed by atoms with Gasteiger partial charge in [0.05, 0.1) is 20.6 Å². The highest BCUT2D eigenvalue weighted by atomic mass is 15.3. The van der Waals surface area contributed by atoms with Crippen LogP contribution in [0, 0.1) is 0 Å². The standard InChI is InChI=1S/C18H33N2/c1-4-5-6-7-8-9-10-11-16-20(2,3)17-18-12-14-19-15-13-18/h12-15H,4-11,16-17H2,1-3H3/q+1. The topological polar surface area (TPSA) is 12.9 Å². The van der Waals surface area contributed by atoms with Crippen LogP contribution in [0.25, 0.3) is 0 Å². The molecule has 2 heteroatoms. The highest BCUT2D eigenvalue weighted by Gasteiger charge is 2.14. The molecule has 1 heterocycles. The van der Waals surface area contributed by atoms with Crippen molar-refractivity contribution >= 4 is 0 Å². The lowest BCUT2D eigenvalue weighted by molar-refractivity contribution is -0.903. The van der Waals surface area contributed by atoms with Crippen LogP contribution in [0.2, 0.25) is 0 Å². The maximum atomic E-state index is 4.09. The summed E-state index contributed by atoms with van der Waals surface area (Å²) < 4.78 is 1.08. The minimum Gasteiger partial charge on any atom is -0.325 e. The molecular formula is C18H33N2+. The van der Waals surface area contributed by atoms with Gasteiger partial charge < -0.3 is 4.48 Å². The van der Waals surface area contributed by atoms with Crippen molar-refractivity contribution in [2.24, 2.45) is 0 Å².